The number of hydrogen-bond acceptors (Lipinski definition) is 6. The van der Waals surface area contributed by atoms with E-state index in [0.717, 1.165) is 23.7 Å². The maximum atomic E-state index is 11.8. The van der Waals surface area contributed by atoms with Gasteiger partial charge in [0, 0.05) is 29.9 Å². The maximum absolute atomic E-state index is 11.8. The molecular formula is C10H11N5O2S. The van der Waals surface area contributed by atoms with Crippen molar-refractivity contribution in [3.63, 3.8) is 0 Å². The van der Waals surface area contributed by atoms with E-state index in [2.05, 4.69) is 25.2 Å². The molecule has 0 radical (unpaired) electrons. The van der Waals surface area contributed by atoms with Gasteiger partial charge in [-0.2, -0.15) is 17.0 Å². The van der Waals surface area contributed by atoms with Crippen LogP contribution in [0.25, 0.3) is 0 Å². The van der Waals surface area contributed by atoms with Gasteiger partial charge < -0.3 is 9.30 Å². The van der Waals surface area contributed by atoms with Crippen LogP contribution in [0.3, 0.4) is 0 Å². The second-order valence-corrected chi connectivity index (χ2v) is 4.98. The van der Waals surface area contributed by atoms with Crippen LogP contribution in [0, 0.1) is 0 Å². The topological polar surface area (TPSA) is 85.7 Å². The number of aromatic nitrogens is 5. The first-order valence-electron chi connectivity index (χ1n) is 5.49. The summed E-state index contributed by atoms with van der Waals surface area (Å²) in [5.41, 5.74) is 1.74. The molecule has 18 heavy (non-hydrogen) atoms. The average molecular weight is 265 g/mol. The van der Waals surface area contributed by atoms with Crippen molar-refractivity contribution >= 4 is 17.7 Å². The molecule has 0 aromatic carbocycles. The third-order valence-corrected chi connectivity index (χ3v) is 3.64. The number of nitrogens with one attached hydrogen (secondary N) is 1. The van der Waals surface area contributed by atoms with E-state index in [9.17, 15) is 4.79 Å². The monoisotopic (exact) mass is 265 g/mol. The minimum atomic E-state index is -0.355. The van der Waals surface area contributed by atoms with Gasteiger partial charge in [-0.15, -0.1) is 10.2 Å². The Morgan fingerprint density at radius 2 is 2.56 bits per heavy atom. The summed E-state index contributed by atoms with van der Waals surface area (Å²) in [7, 11) is 0. The van der Waals surface area contributed by atoms with Crippen LogP contribution in [0.15, 0.2) is 12.3 Å². The van der Waals surface area contributed by atoms with Gasteiger partial charge in [-0.25, -0.2) is 4.79 Å². The molecule has 3 rings (SSSR count). The average Bonchev–Trinajstić information content (AvgIpc) is 3.04. The maximum Gasteiger partial charge on any atom is 0.340 e. The van der Waals surface area contributed by atoms with E-state index < -0.39 is 0 Å². The van der Waals surface area contributed by atoms with E-state index in [-0.39, 0.29) is 12.6 Å². The SMILES string of the molecule is O=C(OCc1nn[nH]n1)c1cc2n(c1)CCSC2. The lowest BCUT2D eigenvalue weighted by Crippen LogP contribution is -2.08. The fraction of sp³-hybridized carbons (Fsp3) is 0.400. The Balaban J connectivity index is 1.67. The van der Waals surface area contributed by atoms with Crippen molar-refractivity contribution in [2.45, 2.75) is 18.9 Å². The number of rotatable bonds is 3. The number of H-pyrrole nitrogens is 1. The summed E-state index contributed by atoms with van der Waals surface area (Å²) in [5.74, 6) is 2.03. The number of ether oxygens (including phenoxy) is 1. The van der Waals surface area contributed by atoms with Crippen molar-refractivity contribution < 1.29 is 9.53 Å². The predicted molar refractivity (Wildman–Crippen MR) is 63.9 cm³/mol. The second-order valence-electron chi connectivity index (χ2n) is 3.87. The minimum Gasteiger partial charge on any atom is -0.454 e. The predicted octanol–water partition coefficient (Wildman–Crippen LogP) is 0.605. The fourth-order valence-corrected chi connectivity index (χ4v) is 2.72. The van der Waals surface area contributed by atoms with Gasteiger partial charge in [0.05, 0.1) is 5.56 Å². The van der Waals surface area contributed by atoms with E-state index in [1.165, 1.54) is 0 Å². The number of nitrogens with zero attached hydrogens (tertiary/aromatic N) is 4. The normalized spacial score (nSPS) is 14.2. The van der Waals surface area contributed by atoms with Crippen molar-refractivity contribution in [2.75, 3.05) is 5.75 Å². The molecule has 1 aliphatic rings. The quantitative estimate of drug-likeness (QED) is 0.818. The van der Waals surface area contributed by atoms with Crippen LogP contribution in [0.2, 0.25) is 0 Å². The Bertz CT molecular complexity index is 527. The largest absolute Gasteiger partial charge is 0.454 e. The first-order valence-corrected chi connectivity index (χ1v) is 6.64. The Hall–Kier alpha value is -1.83. The summed E-state index contributed by atoms with van der Waals surface area (Å²) in [4.78, 5) is 11.8. The van der Waals surface area contributed by atoms with Gasteiger partial charge in [0.15, 0.2) is 6.61 Å². The smallest absolute Gasteiger partial charge is 0.340 e. The highest BCUT2D eigenvalue weighted by molar-refractivity contribution is 7.98. The van der Waals surface area contributed by atoms with E-state index in [0.29, 0.717) is 11.4 Å². The Labute approximate surface area is 107 Å². The molecule has 0 amide bonds. The number of fused-ring (bicyclic) bond motifs is 1. The van der Waals surface area contributed by atoms with E-state index >= 15 is 0 Å². The van der Waals surface area contributed by atoms with E-state index in [1.54, 1.807) is 0 Å². The molecule has 2 aromatic heterocycles. The van der Waals surface area contributed by atoms with Gasteiger partial charge >= 0.3 is 5.97 Å². The Morgan fingerprint density at radius 1 is 1.61 bits per heavy atom. The van der Waals surface area contributed by atoms with Gasteiger partial charge in [-0.05, 0) is 6.07 Å². The van der Waals surface area contributed by atoms with Crippen molar-refractivity contribution in [3.05, 3.63) is 29.3 Å². The Kier molecular flexibility index (Phi) is 3.01. The van der Waals surface area contributed by atoms with Crippen LogP contribution < -0.4 is 0 Å². The lowest BCUT2D eigenvalue weighted by atomic mass is 10.3. The molecule has 1 N–H and O–H groups in total. The number of carbonyl (C=O) groups excluding carboxylic acids is 1. The molecule has 0 bridgehead atoms. The van der Waals surface area contributed by atoms with Crippen LogP contribution in [-0.2, 0) is 23.6 Å². The van der Waals surface area contributed by atoms with Gasteiger partial charge in [0.1, 0.15) is 0 Å². The third kappa shape index (κ3) is 2.23. The lowest BCUT2D eigenvalue weighted by molar-refractivity contribution is 0.0462. The molecule has 1 aliphatic heterocycles. The Morgan fingerprint density at radius 3 is 3.33 bits per heavy atom. The molecule has 0 spiro atoms. The second kappa shape index (κ2) is 4.81. The van der Waals surface area contributed by atoms with Crippen molar-refractivity contribution in [1.29, 1.82) is 0 Å². The molecule has 2 aromatic rings. The number of aryl methyl sites for hydroxylation is 1. The number of tetrazole rings is 1. The number of hydrogen-bond donors (Lipinski definition) is 1. The molecule has 3 heterocycles. The van der Waals surface area contributed by atoms with Crippen LogP contribution >= 0.6 is 11.8 Å². The van der Waals surface area contributed by atoms with Crippen LogP contribution in [0.1, 0.15) is 21.9 Å². The molecule has 0 atom stereocenters. The zero-order valence-corrected chi connectivity index (χ0v) is 10.3. The molecule has 8 heteroatoms. The number of aromatic amines is 1. The summed E-state index contributed by atoms with van der Waals surface area (Å²) in [6, 6.07) is 1.88. The van der Waals surface area contributed by atoms with Crippen LogP contribution in [-0.4, -0.2) is 36.9 Å². The van der Waals surface area contributed by atoms with E-state index in [4.69, 9.17) is 4.74 Å². The fourth-order valence-electron chi connectivity index (χ4n) is 1.79. The summed E-state index contributed by atoms with van der Waals surface area (Å²) >= 11 is 1.87. The van der Waals surface area contributed by atoms with Gasteiger partial charge in [-0.3, -0.25) is 0 Å². The molecule has 0 fully saturated rings. The molecule has 94 valence electrons. The zero-order chi connectivity index (χ0) is 12.4. The summed E-state index contributed by atoms with van der Waals surface area (Å²) in [6.45, 7) is 0.975. The van der Waals surface area contributed by atoms with E-state index in [1.807, 2.05) is 24.0 Å². The standard InChI is InChI=1S/C10H11N5O2S/c16-10(17-5-9-11-13-14-12-9)7-3-8-6-18-2-1-15(8)4-7/h3-4H,1-2,5-6H2,(H,11,12,13,14). The summed E-state index contributed by atoms with van der Waals surface area (Å²) in [6.07, 6.45) is 1.84. The third-order valence-electron chi connectivity index (χ3n) is 2.67. The van der Waals surface area contributed by atoms with Crippen molar-refractivity contribution in [2.24, 2.45) is 0 Å². The highest BCUT2D eigenvalue weighted by Gasteiger charge is 2.16. The zero-order valence-electron chi connectivity index (χ0n) is 9.50. The first kappa shape index (κ1) is 11.3. The lowest BCUT2D eigenvalue weighted by Gasteiger charge is -2.13. The summed E-state index contributed by atoms with van der Waals surface area (Å²) in [5, 5.41) is 13.1. The van der Waals surface area contributed by atoms with Gasteiger partial charge in [-0.1, -0.05) is 5.21 Å². The highest BCUT2D eigenvalue weighted by Crippen LogP contribution is 2.22. The van der Waals surface area contributed by atoms with Gasteiger partial charge in [0.25, 0.3) is 0 Å². The molecule has 0 saturated carbocycles. The minimum absolute atomic E-state index is 0.0323. The summed E-state index contributed by atoms with van der Waals surface area (Å²) < 4.78 is 7.20. The van der Waals surface area contributed by atoms with Crippen molar-refractivity contribution in [1.82, 2.24) is 25.2 Å². The number of carbonyl (C=O) groups is 1. The van der Waals surface area contributed by atoms with Crippen LogP contribution in [0.4, 0.5) is 0 Å². The molecule has 0 unspecified atom stereocenters. The molecule has 7 nitrogen and oxygen atoms in total. The molecular weight excluding hydrogens is 254 g/mol. The molecule has 0 aliphatic carbocycles. The highest BCUT2D eigenvalue weighted by atomic mass is 32.2. The number of esters is 1. The molecule has 0 saturated heterocycles. The van der Waals surface area contributed by atoms with Crippen molar-refractivity contribution in [3.8, 4) is 0 Å². The number of thioether (sulfide) groups is 1. The van der Waals surface area contributed by atoms with Crippen LogP contribution in [0.5, 0.6) is 0 Å². The van der Waals surface area contributed by atoms with Gasteiger partial charge in [0.2, 0.25) is 5.82 Å². The first-order chi connectivity index (χ1) is 8.83.